The summed E-state index contributed by atoms with van der Waals surface area (Å²) >= 11 is 0. The van der Waals surface area contributed by atoms with Crippen molar-refractivity contribution < 1.29 is 14.3 Å². The molecule has 110 valence electrons. The largest absolute Gasteiger partial charge is 0.482 e. The maximum absolute atomic E-state index is 12.4. The molecule has 1 N–H and O–H groups in total. The summed E-state index contributed by atoms with van der Waals surface area (Å²) in [6.45, 7) is 1.80. The highest BCUT2D eigenvalue weighted by Gasteiger charge is 2.34. The zero-order valence-corrected chi connectivity index (χ0v) is 12.1. The van der Waals surface area contributed by atoms with Gasteiger partial charge in [-0.3, -0.25) is 4.79 Å². The van der Waals surface area contributed by atoms with Crippen LogP contribution in [0.2, 0.25) is 0 Å². The molecule has 2 atom stereocenters. The fourth-order valence-corrected chi connectivity index (χ4v) is 2.31. The van der Waals surface area contributed by atoms with Crippen molar-refractivity contribution in [2.75, 3.05) is 5.32 Å². The molecular formula is C18H15NO3. The molecule has 1 heterocycles. The molecule has 2 aromatic rings. The molecule has 0 aromatic heterocycles. The number of amides is 1. The van der Waals surface area contributed by atoms with Crippen LogP contribution in [0.15, 0.2) is 48.5 Å². The number of fused-ring (bicyclic) bond motifs is 1. The van der Waals surface area contributed by atoms with Crippen molar-refractivity contribution in [3.63, 3.8) is 0 Å². The number of para-hydroxylation sites is 2. The first-order valence-electron chi connectivity index (χ1n) is 6.97. The Balaban J connectivity index is 1.76. The van der Waals surface area contributed by atoms with Gasteiger partial charge in [-0.15, -0.1) is 6.42 Å². The Morgan fingerprint density at radius 2 is 1.86 bits per heavy atom. The van der Waals surface area contributed by atoms with Crippen molar-refractivity contribution >= 4 is 11.6 Å². The lowest BCUT2D eigenvalue weighted by Gasteiger charge is -2.31. The Bertz CT molecular complexity index is 748. The molecule has 22 heavy (non-hydrogen) atoms. The minimum absolute atomic E-state index is 0.267. The summed E-state index contributed by atoms with van der Waals surface area (Å²) < 4.78 is 11.5. The molecule has 0 bridgehead atoms. The van der Waals surface area contributed by atoms with E-state index in [-0.39, 0.29) is 12.0 Å². The number of carbonyl (C=O) groups excluding carboxylic acids is 1. The van der Waals surface area contributed by atoms with Crippen LogP contribution in [0.25, 0.3) is 0 Å². The standard InChI is InChI=1S/C18H15NO3/c1-3-13-7-6-8-14(11-13)19-18(20)17-12(2)21-15-9-4-5-10-16(15)22-17/h1,4-12,17H,2H3,(H,19,20)/t12-,17-/m1/s1. The van der Waals surface area contributed by atoms with Gasteiger partial charge in [-0.25, -0.2) is 0 Å². The molecule has 1 aliphatic rings. The summed E-state index contributed by atoms with van der Waals surface area (Å²) in [6, 6.07) is 14.4. The molecule has 1 aliphatic heterocycles. The van der Waals surface area contributed by atoms with Gasteiger partial charge in [0.15, 0.2) is 11.5 Å². The molecule has 0 spiro atoms. The topological polar surface area (TPSA) is 47.6 Å². The van der Waals surface area contributed by atoms with E-state index in [9.17, 15) is 4.79 Å². The first-order valence-corrected chi connectivity index (χ1v) is 6.97. The molecular weight excluding hydrogens is 278 g/mol. The Hall–Kier alpha value is -2.93. The van der Waals surface area contributed by atoms with Crippen LogP contribution in [-0.4, -0.2) is 18.1 Å². The molecule has 4 heteroatoms. The highest BCUT2D eigenvalue weighted by Crippen LogP contribution is 2.33. The average Bonchev–Trinajstić information content (AvgIpc) is 2.54. The summed E-state index contributed by atoms with van der Waals surface area (Å²) in [5.41, 5.74) is 1.34. The summed E-state index contributed by atoms with van der Waals surface area (Å²) in [6.07, 6.45) is 4.26. The van der Waals surface area contributed by atoms with Crippen LogP contribution in [-0.2, 0) is 4.79 Å². The van der Waals surface area contributed by atoms with Gasteiger partial charge >= 0.3 is 0 Å². The van der Waals surface area contributed by atoms with Gasteiger partial charge < -0.3 is 14.8 Å². The number of terminal acetylenes is 1. The molecule has 1 amide bonds. The predicted molar refractivity (Wildman–Crippen MR) is 84.0 cm³/mol. The van der Waals surface area contributed by atoms with E-state index in [0.29, 0.717) is 22.7 Å². The second-order valence-electron chi connectivity index (χ2n) is 5.02. The van der Waals surface area contributed by atoms with Crippen molar-refractivity contribution in [1.82, 2.24) is 0 Å². The Morgan fingerprint density at radius 3 is 2.59 bits per heavy atom. The summed E-state index contributed by atoms with van der Waals surface area (Å²) in [5, 5.41) is 2.81. The van der Waals surface area contributed by atoms with Crippen molar-refractivity contribution in [3.8, 4) is 23.8 Å². The summed E-state index contributed by atoms with van der Waals surface area (Å²) in [5.74, 6) is 3.48. The summed E-state index contributed by atoms with van der Waals surface area (Å²) in [4.78, 5) is 12.4. The Morgan fingerprint density at radius 1 is 1.14 bits per heavy atom. The molecule has 4 nitrogen and oxygen atoms in total. The zero-order valence-electron chi connectivity index (χ0n) is 12.1. The number of hydrogen-bond acceptors (Lipinski definition) is 3. The van der Waals surface area contributed by atoms with Crippen LogP contribution in [0.5, 0.6) is 11.5 Å². The summed E-state index contributed by atoms with van der Waals surface area (Å²) in [7, 11) is 0. The molecule has 2 aromatic carbocycles. The number of carbonyl (C=O) groups is 1. The quantitative estimate of drug-likeness (QED) is 0.866. The third-order valence-corrected chi connectivity index (χ3v) is 3.40. The van der Waals surface area contributed by atoms with Crippen molar-refractivity contribution in [2.24, 2.45) is 0 Å². The van der Waals surface area contributed by atoms with Gasteiger partial charge in [-0.1, -0.05) is 24.1 Å². The van der Waals surface area contributed by atoms with Gasteiger partial charge in [-0.05, 0) is 37.3 Å². The second-order valence-corrected chi connectivity index (χ2v) is 5.02. The molecule has 0 unspecified atom stereocenters. The molecule has 0 saturated carbocycles. The minimum Gasteiger partial charge on any atom is -0.482 e. The fraction of sp³-hybridized carbons (Fsp3) is 0.167. The number of anilines is 1. The van der Waals surface area contributed by atoms with Gasteiger partial charge in [0.25, 0.3) is 5.91 Å². The average molecular weight is 293 g/mol. The van der Waals surface area contributed by atoms with Crippen LogP contribution >= 0.6 is 0 Å². The molecule has 0 saturated heterocycles. The third-order valence-electron chi connectivity index (χ3n) is 3.40. The lowest BCUT2D eigenvalue weighted by atomic mass is 10.1. The molecule has 0 fully saturated rings. The zero-order chi connectivity index (χ0) is 15.5. The highest BCUT2D eigenvalue weighted by atomic mass is 16.6. The van der Waals surface area contributed by atoms with E-state index in [2.05, 4.69) is 11.2 Å². The smallest absolute Gasteiger partial charge is 0.269 e. The number of nitrogens with one attached hydrogen (secondary N) is 1. The van der Waals surface area contributed by atoms with Gasteiger partial charge in [0.1, 0.15) is 6.10 Å². The number of benzene rings is 2. The molecule has 0 radical (unpaired) electrons. The maximum atomic E-state index is 12.4. The Labute approximate surface area is 129 Å². The van der Waals surface area contributed by atoms with Crippen LogP contribution in [0.4, 0.5) is 5.69 Å². The van der Waals surface area contributed by atoms with E-state index in [1.807, 2.05) is 18.2 Å². The van der Waals surface area contributed by atoms with Gasteiger partial charge in [0, 0.05) is 11.3 Å². The SMILES string of the molecule is C#Cc1cccc(NC(=O)[C@@H]2Oc3ccccc3O[C@@H]2C)c1. The van der Waals surface area contributed by atoms with Crippen LogP contribution in [0, 0.1) is 12.3 Å². The first-order chi connectivity index (χ1) is 10.7. The number of ether oxygens (including phenoxy) is 2. The first kappa shape index (κ1) is 14.0. The number of hydrogen-bond donors (Lipinski definition) is 1. The van der Waals surface area contributed by atoms with Crippen LogP contribution in [0.3, 0.4) is 0 Å². The monoisotopic (exact) mass is 293 g/mol. The van der Waals surface area contributed by atoms with Crippen molar-refractivity contribution in [2.45, 2.75) is 19.1 Å². The van der Waals surface area contributed by atoms with E-state index in [1.54, 1.807) is 37.3 Å². The van der Waals surface area contributed by atoms with Crippen molar-refractivity contribution in [1.29, 1.82) is 0 Å². The lowest BCUT2D eigenvalue weighted by Crippen LogP contribution is -2.46. The van der Waals surface area contributed by atoms with E-state index in [0.717, 1.165) is 0 Å². The van der Waals surface area contributed by atoms with Gasteiger partial charge in [0.05, 0.1) is 0 Å². The molecule has 3 rings (SSSR count). The second kappa shape index (κ2) is 5.82. The van der Waals surface area contributed by atoms with Crippen LogP contribution < -0.4 is 14.8 Å². The maximum Gasteiger partial charge on any atom is 0.269 e. The Kier molecular flexibility index (Phi) is 3.71. The van der Waals surface area contributed by atoms with E-state index in [1.165, 1.54) is 0 Å². The predicted octanol–water partition coefficient (Wildman–Crippen LogP) is 2.83. The van der Waals surface area contributed by atoms with Gasteiger partial charge in [0.2, 0.25) is 6.10 Å². The van der Waals surface area contributed by atoms with E-state index in [4.69, 9.17) is 15.9 Å². The molecule has 0 aliphatic carbocycles. The number of rotatable bonds is 2. The van der Waals surface area contributed by atoms with E-state index >= 15 is 0 Å². The minimum atomic E-state index is -0.718. The third kappa shape index (κ3) is 2.75. The van der Waals surface area contributed by atoms with Crippen molar-refractivity contribution in [3.05, 3.63) is 54.1 Å². The van der Waals surface area contributed by atoms with Crippen LogP contribution in [0.1, 0.15) is 12.5 Å². The highest BCUT2D eigenvalue weighted by molar-refractivity contribution is 5.95. The fourth-order valence-electron chi connectivity index (χ4n) is 2.31. The van der Waals surface area contributed by atoms with E-state index < -0.39 is 6.10 Å². The lowest BCUT2D eigenvalue weighted by molar-refractivity contribution is -0.128. The normalized spacial score (nSPS) is 19.1. The van der Waals surface area contributed by atoms with Gasteiger partial charge in [-0.2, -0.15) is 0 Å².